The number of carbonyl (C=O) groups excluding carboxylic acids is 1. The summed E-state index contributed by atoms with van der Waals surface area (Å²) in [6, 6.07) is 13.0. The Balaban J connectivity index is 1.50. The normalized spacial score (nSPS) is 17.8. The van der Waals surface area contributed by atoms with E-state index in [9.17, 15) is 13.2 Å². The lowest BCUT2D eigenvalue weighted by atomic mass is 9.91. The van der Waals surface area contributed by atoms with Gasteiger partial charge < -0.3 is 10.6 Å². The summed E-state index contributed by atoms with van der Waals surface area (Å²) in [5.41, 5.74) is 0.903. The van der Waals surface area contributed by atoms with Gasteiger partial charge in [-0.25, -0.2) is 14.7 Å². The van der Waals surface area contributed by atoms with Crippen LogP contribution in [0.5, 0.6) is 0 Å². The first-order chi connectivity index (χ1) is 17.5. The number of aromatic nitrogens is 3. The Hall–Kier alpha value is -2.60. The highest BCUT2D eigenvalue weighted by Gasteiger charge is 2.30. The second kappa shape index (κ2) is 11.4. The summed E-state index contributed by atoms with van der Waals surface area (Å²) in [6.07, 6.45) is 4.59. The highest BCUT2D eigenvalue weighted by molar-refractivity contribution is 9.10. The van der Waals surface area contributed by atoms with Gasteiger partial charge in [-0.3, -0.25) is 9.78 Å². The first kappa shape index (κ1) is 27.4. The fraction of sp³-hybridized carbons (Fsp3) is 0.360. The smallest absolute Gasteiger partial charge is 0.281 e. The molecule has 0 saturated carbocycles. The van der Waals surface area contributed by atoms with Crippen LogP contribution >= 0.6 is 27.5 Å². The van der Waals surface area contributed by atoms with Crippen molar-refractivity contribution >= 4 is 49.3 Å². The van der Waals surface area contributed by atoms with Crippen molar-refractivity contribution in [1.29, 1.82) is 0 Å². The first-order valence-electron chi connectivity index (χ1n) is 11.8. The molecule has 1 aliphatic rings. The van der Waals surface area contributed by atoms with Crippen molar-refractivity contribution in [2.45, 2.75) is 49.7 Å². The third-order valence-electron chi connectivity index (χ3n) is 6.18. The molecule has 4 heterocycles. The predicted molar refractivity (Wildman–Crippen MR) is 146 cm³/mol. The van der Waals surface area contributed by atoms with E-state index in [1.807, 2.05) is 22.9 Å². The first-order valence-corrected chi connectivity index (χ1v) is 14.5. The molecule has 3 N–H and O–H groups in total. The predicted octanol–water partition coefficient (Wildman–Crippen LogP) is 4.73. The maximum Gasteiger partial charge on any atom is 0.281 e. The Morgan fingerprint density at radius 1 is 1.19 bits per heavy atom. The number of anilines is 1. The molecule has 2 atom stereocenters. The highest BCUT2D eigenvalue weighted by atomic mass is 79.9. The fourth-order valence-corrected chi connectivity index (χ4v) is 5.99. The van der Waals surface area contributed by atoms with Crippen LogP contribution in [0.4, 0.5) is 5.82 Å². The number of nitrogens with one attached hydrogen (secondary N) is 3. The van der Waals surface area contributed by atoms with Crippen LogP contribution in [-0.2, 0) is 10.0 Å². The molecule has 1 amide bonds. The molecule has 0 radical (unpaired) electrons. The third-order valence-corrected chi connectivity index (χ3v) is 8.15. The van der Waals surface area contributed by atoms with Crippen LogP contribution in [0.3, 0.4) is 0 Å². The Morgan fingerprint density at radius 2 is 2.00 bits per heavy atom. The minimum Gasteiger partial charge on any atom is -0.362 e. The highest BCUT2D eigenvalue weighted by Crippen LogP contribution is 2.30. The van der Waals surface area contributed by atoms with E-state index in [4.69, 9.17) is 11.6 Å². The maximum atomic E-state index is 12.9. The van der Waals surface area contributed by atoms with Crippen molar-refractivity contribution in [2.24, 2.45) is 5.92 Å². The second-order valence-corrected chi connectivity index (χ2v) is 12.4. The van der Waals surface area contributed by atoms with Gasteiger partial charge in [-0.2, -0.15) is 8.42 Å². The zero-order valence-corrected chi connectivity index (χ0v) is 23.6. The van der Waals surface area contributed by atoms with E-state index in [1.165, 1.54) is 18.2 Å². The van der Waals surface area contributed by atoms with Crippen molar-refractivity contribution in [3.63, 3.8) is 0 Å². The Morgan fingerprint density at radius 3 is 2.68 bits per heavy atom. The van der Waals surface area contributed by atoms with Crippen LogP contribution in [0.2, 0.25) is 5.15 Å². The lowest BCUT2D eigenvalue weighted by Gasteiger charge is -2.21. The minimum atomic E-state index is -4.27. The molecule has 1 saturated heterocycles. The summed E-state index contributed by atoms with van der Waals surface area (Å²) in [5.74, 6) is 0.00151. The molecule has 0 aliphatic carbocycles. The van der Waals surface area contributed by atoms with Gasteiger partial charge in [0.1, 0.15) is 15.6 Å². The van der Waals surface area contributed by atoms with Crippen LogP contribution in [0.15, 0.2) is 64.4 Å². The second-order valence-electron chi connectivity index (χ2n) is 9.63. The van der Waals surface area contributed by atoms with Crippen molar-refractivity contribution < 1.29 is 13.2 Å². The molecule has 0 aromatic carbocycles. The fourth-order valence-electron chi connectivity index (χ4n) is 4.40. The number of amides is 1. The van der Waals surface area contributed by atoms with Crippen LogP contribution in [0.25, 0.3) is 0 Å². The number of nitrogens with zero attached hydrogens (tertiary/aromatic N) is 3. The Bertz CT molecular complexity index is 1370. The summed E-state index contributed by atoms with van der Waals surface area (Å²) in [5, 5.41) is 6.48. The molecule has 4 rings (SSSR count). The molecule has 9 nitrogen and oxygen atoms in total. The molecular weight excluding hydrogens is 580 g/mol. The van der Waals surface area contributed by atoms with Gasteiger partial charge >= 0.3 is 0 Å². The van der Waals surface area contributed by atoms with Crippen LogP contribution in [0, 0.1) is 5.92 Å². The summed E-state index contributed by atoms with van der Waals surface area (Å²) in [6.45, 7) is 5.38. The van der Waals surface area contributed by atoms with E-state index in [0.717, 1.165) is 31.5 Å². The van der Waals surface area contributed by atoms with Gasteiger partial charge in [-0.15, -0.1) is 0 Å². The van der Waals surface area contributed by atoms with Gasteiger partial charge in [0.15, 0.2) is 5.03 Å². The summed E-state index contributed by atoms with van der Waals surface area (Å²) in [4.78, 5) is 25.3. The van der Waals surface area contributed by atoms with Crippen molar-refractivity contribution in [3.8, 4) is 0 Å². The van der Waals surface area contributed by atoms with Crippen molar-refractivity contribution in [2.75, 3.05) is 11.9 Å². The summed E-state index contributed by atoms with van der Waals surface area (Å²) >= 11 is 9.15. The number of pyridine rings is 3. The molecule has 3 aromatic heterocycles. The lowest BCUT2D eigenvalue weighted by molar-refractivity contribution is 0.0981. The molecule has 12 heteroatoms. The number of carbonyl (C=O) groups is 1. The average molecular weight is 608 g/mol. The van der Waals surface area contributed by atoms with Crippen LogP contribution in [0.1, 0.15) is 55.2 Å². The van der Waals surface area contributed by atoms with E-state index in [-0.39, 0.29) is 27.3 Å². The van der Waals surface area contributed by atoms with Crippen molar-refractivity contribution in [3.05, 3.63) is 75.7 Å². The molecule has 1 aliphatic heterocycles. The van der Waals surface area contributed by atoms with Crippen LogP contribution in [-0.4, -0.2) is 41.4 Å². The average Bonchev–Trinajstić information content (AvgIpc) is 3.20. The molecule has 3 aromatic rings. The summed E-state index contributed by atoms with van der Waals surface area (Å²) < 4.78 is 28.3. The zero-order chi connectivity index (χ0) is 26.6. The van der Waals surface area contributed by atoms with E-state index >= 15 is 0 Å². The maximum absolute atomic E-state index is 12.9. The number of hydrogen-bond donors (Lipinski definition) is 3. The number of sulfonamides is 1. The third kappa shape index (κ3) is 7.25. The number of rotatable bonds is 9. The van der Waals surface area contributed by atoms with Gasteiger partial charge in [-0.05, 0) is 97.9 Å². The Kier molecular flexibility index (Phi) is 8.47. The molecule has 37 heavy (non-hydrogen) atoms. The zero-order valence-electron chi connectivity index (χ0n) is 20.4. The molecule has 196 valence electrons. The number of halogens is 2. The molecule has 0 bridgehead atoms. The molecule has 1 unspecified atom stereocenters. The van der Waals surface area contributed by atoms with Gasteiger partial charge in [0.25, 0.3) is 15.9 Å². The van der Waals surface area contributed by atoms with Crippen LogP contribution < -0.4 is 15.4 Å². The van der Waals surface area contributed by atoms with E-state index in [2.05, 4.69) is 55.4 Å². The summed E-state index contributed by atoms with van der Waals surface area (Å²) in [7, 11) is -4.27. The molecule has 1 fully saturated rings. The van der Waals surface area contributed by atoms with Gasteiger partial charge in [0.05, 0.1) is 17.3 Å². The van der Waals surface area contributed by atoms with E-state index in [0.29, 0.717) is 16.3 Å². The molecular formula is C25H28BrClN6O3S. The van der Waals surface area contributed by atoms with E-state index in [1.54, 1.807) is 18.3 Å². The van der Waals surface area contributed by atoms with Gasteiger partial charge in [0, 0.05) is 11.7 Å². The standard InChI is InChI=1S/C25H28BrClN6O3S/c1-25(2)14-16(15-29-25)9-11-19(18-6-3-4-13-28-18)30-21-7-5-8-22(32-21)37(35,36)33-24(34)17-10-12-20(26)31-23(17)27/h3-8,10,12-13,16,19,29H,9,11,14-15H2,1-2H3,(H,30,32)(H,33,34)/t16-,19?/m1/s1. The topological polar surface area (TPSA) is 126 Å². The SMILES string of the molecule is CC1(C)C[C@@H](CCC(Nc2cccc(S(=O)(=O)NC(=O)c3ccc(Br)nc3Cl)n2)c2ccccn2)CN1. The van der Waals surface area contributed by atoms with Gasteiger partial charge in [0.2, 0.25) is 0 Å². The van der Waals surface area contributed by atoms with Crippen molar-refractivity contribution in [1.82, 2.24) is 25.0 Å². The number of hydrogen-bond acceptors (Lipinski definition) is 8. The van der Waals surface area contributed by atoms with E-state index < -0.39 is 15.9 Å². The largest absolute Gasteiger partial charge is 0.362 e. The Labute approximate surface area is 230 Å². The molecule has 0 spiro atoms. The lowest BCUT2D eigenvalue weighted by Crippen LogP contribution is -2.31. The minimum absolute atomic E-state index is 0.0671. The monoisotopic (exact) mass is 606 g/mol. The quantitative estimate of drug-likeness (QED) is 0.298. The van der Waals surface area contributed by atoms with Gasteiger partial charge in [-0.1, -0.05) is 23.7 Å².